The lowest BCUT2D eigenvalue weighted by atomic mass is 10.1. The van der Waals surface area contributed by atoms with Crippen LogP contribution in [0.1, 0.15) is 5.56 Å². The Morgan fingerprint density at radius 2 is 1.91 bits per heavy atom. The van der Waals surface area contributed by atoms with Crippen LogP contribution in [0.5, 0.6) is 17.2 Å². The third-order valence-electron chi connectivity index (χ3n) is 5.78. The number of ether oxygens (including phenoxy) is 4. The lowest BCUT2D eigenvalue weighted by Crippen LogP contribution is -2.39. The summed E-state index contributed by atoms with van der Waals surface area (Å²) in [6.07, 6.45) is 0. The van der Waals surface area contributed by atoms with Crippen LogP contribution in [0.3, 0.4) is 0 Å². The first-order valence-corrected chi connectivity index (χ1v) is 10.7. The van der Waals surface area contributed by atoms with Crippen LogP contribution in [0, 0.1) is 6.92 Å². The van der Waals surface area contributed by atoms with Gasteiger partial charge in [0.05, 0.1) is 31.4 Å². The van der Waals surface area contributed by atoms with Crippen molar-refractivity contribution in [3.05, 3.63) is 46.1 Å². The van der Waals surface area contributed by atoms with Gasteiger partial charge in [0.15, 0.2) is 22.8 Å². The minimum absolute atomic E-state index is 0.168. The Labute approximate surface area is 185 Å². The summed E-state index contributed by atoms with van der Waals surface area (Å²) in [5.41, 5.74) is 2.74. The van der Waals surface area contributed by atoms with E-state index in [4.69, 9.17) is 23.4 Å². The molecule has 0 amide bonds. The molecule has 1 saturated heterocycles. The molecule has 0 saturated carbocycles. The number of nitrogens with zero attached hydrogens (tertiary/aromatic N) is 1. The van der Waals surface area contributed by atoms with E-state index in [0.29, 0.717) is 33.8 Å². The van der Waals surface area contributed by atoms with Gasteiger partial charge in [-0.05, 0) is 42.8 Å². The highest BCUT2D eigenvalue weighted by Gasteiger charge is 2.22. The summed E-state index contributed by atoms with van der Waals surface area (Å²) in [6.45, 7) is 7.13. The summed E-state index contributed by atoms with van der Waals surface area (Å²) in [7, 11) is 1.48. The maximum Gasteiger partial charge on any atom is 0.235 e. The number of hydrogen-bond donors (Lipinski definition) is 1. The molecular weight excluding hydrogens is 412 g/mol. The van der Waals surface area contributed by atoms with E-state index in [-0.39, 0.29) is 18.0 Å². The van der Waals surface area contributed by atoms with Crippen molar-refractivity contribution < 1.29 is 23.4 Å². The van der Waals surface area contributed by atoms with Crippen molar-refractivity contribution in [3.63, 3.8) is 0 Å². The predicted molar refractivity (Wildman–Crippen MR) is 121 cm³/mol. The number of aryl methyl sites for hydroxylation is 1. The molecule has 8 nitrogen and oxygen atoms in total. The average Bonchev–Trinajstić information content (AvgIpc) is 3.28. The smallest absolute Gasteiger partial charge is 0.235 e. The third-order valence-corrected chi connectivity index (χ3v) is 5.78. The summed E-state index contributed by atoms with van der Waals surface area (Å²) < 4.78 is 28.1. The van der Waals surface area contributed by atoms with Gasteiger partial charge in [-0.3, -0.25) is 9.69 Å². The van der Waals surface area contributed by atoms with E-state index in [1.165, 1.54) is 7.11 Å². The standard InChI is InChI=1S/C24H26N2O6/c1-15-11-17-21(27)24(28-2)22(16-3-4-19-20(13-16)31-14-30-19)32-23(17)18(12-15)25-5-6-26-7-9-29-10-8-26/h3-4,11-13,25H,5-10,14H2,1-2H3. The van der Waals surface area contributed by atoms with Crippen molar-refractivity contribution in [3.8, 4) is 28.6 Å². The first-order chi connectivity index (χ1) is 15.6. The van der Waals surface area contributed by atoms with Gasteiger partial charge in [-0.25, -0.2) is 0 Å². The molecule has 32 heavy (non-hydrogen) atoms. The minimum Gasteiger partial charge on any atom is -0.490 e. The summed E-state index contributed by atoms with van der Waals surface area (Å²) in [4.78, 5) is 15.7. The second kappa shape index (κ2) is 8.72. The number of anilines is 1. The molecule has 2 aromatic carbocycles. The molecule has 3 heterocycles. The molecule has 1 aromatic heterocycles. The average molecular weight is 438 g/mol. The fraction of sp³-hybridized carbons (Fsp3) is 0.375. The zero-order valence-corrected chi connectivity index (χ0v) is 18.2. The van der Waals surface area contributed by atoms with E-state index < -0.39 is 0 Å². The highest BCUT2D eigenvalue weighted by molar-refractivity contribution is 5.92. The van der Waals surface area contributed by atoms with E-state index in [0.717, 1.165) is 50.6 Å². The van der Waals surface area contributed by atoms with Crippen LogP contribution in [0.25, 0.3) is 22.3 Å². The minimum atomic E-state index is -0.207. The number of nitrogens with one attached hydrogen (secondary N) is 1. The van der Waals surface area contributed by atoms with E-state index in [9.17, 15) is 4.79 Å². The van der Waals surface area contributed by atoms with Crippen LogP contribution in [0.4, 0.5) is 5.69 Å². The predicted octanol–water partition coefficient (Wildman–Crippen LogP) is 3.25. The maximum absolute atomic E-state index is 13.3. The Kier molecular flexibility index (Phi) is 5.63. The molecule has 0 aliphatic carbocycles. The Balaban J connectivity index is 1.54. The van der Waals surface area contributed by atoms with Crippen molar-refractivity contribution in [2.45, 2.75) is 6.92 Å². The molecule has 0 radical (unpaired) electrons. The van der Waals surface area contributed by atoms with Gasteiger partial charge in [0.25, 0.3) is 0 Å². The summed E-state index contributed by atoms with van der Waals surface area (Å²) in [6, 6.07) is 9.27. The number of fused-ring (bicyclic) bond motifs is 2. The number of benzene rings is 2. The topological polar surface area (TPSA) is 82.4 Å². The fourth-order valence-corrected chi connectivity index (χ4v) is 4.14. The largest absolute Gasteiger partial charge is 0.490 e. The molecule has 8 heteroatoms. The van der Waals surface area contributed by atoms with Gasteiger partial charge in [-0.2, -0.15) is 0 Å². The van der Waals surface area contributed by atoms with Crippen molar-refractivity contribution in [2.24, 2.45) is 0 Å². The quantitative estimate of drug-likeness (QED) is 0.628. The third kappa shape index (κ3) is 3.87. The van der Waals surface area contributed by atoms with Crippen LogP contribution >= 0.6 is 0 Å². The highest BCUT2D eigenvalue weighted by atomic mass is 16.7. The van der Waals surface area contributed by atoms with Gasteiger partial charge >= 0.3 is 0 Å². The number of rotatable bonds is 6. The lowest BCUT2D eigenvalue weighted by Gasteiger charge is -2.26. The Bertz CT molecular complexity index is 1200. The maximum atomic E-state index is 13.3. The molecule has 0 unspecified atom stereocenters. The number of methoxy groups -OCH3 is 1. The van der Waals surface area contributed by atoms with Gasteiger partial charge in [-0.1, -0.05) is 0 Å². The van der Waals surface area contributed by atoms with Crippen LogP contribution in [-0.2, 0) is 4.74 Å². The number of hydrogen-bond acceptors (Lipinski definition) is 8. The molecule has 2 aliphatic rings. The van der Waals surface area contributed by atoms with Crippen molar-refractivity contribution in [1.82, 2.24) is 4.90 Å². The zero-order chi connectivity index (χ0) is 22.1. The van der Waals surface area contributed by atoms with Crippen LogP contribution < -0.4 is 25.0 Å². The normalized spacial score (nSPS) is 15.8. The fourth-order valence-electron chi connectivity index (χ4n) is 4.14. The zero-order valence-electron chi connectivity index (χ0n) is 18.2. The summed E-state index contributed by atoms with van der Waals surface area (Å²) in [5, 5.41) is 3.95. The molecule has 0 bridgehead atoms. The second-order valence-electron chi connectivity index (χ2n) is 7.93. The molecule has 168 valence electrons. The second-order valence-corrected chi connectivity index (χ2v) is 7.93. The van der Waals surface area contributed by atoms with Gasteiger partial charge in [0.1, 0.15) is 0 Å². The monoisotopic (exact) mass is 438 g/mol. The Hall–Kier alpha value is -3.23. The molecule has 5 rings (SSSR count). The van der Waals surface area contributed by atoms with Crippen molar-refractivity contribution in [2.75, 3.05) is 58.6 Å². The van der Waals surface area contributed by atoms with E-state index in [2.05, 4.69) is 10.2 Å². The Morgan fingerprint density at radius 1 is 1.09 bits per heavy atom. The number of morpholine rings is 1. The van der Waals surface area contributed by atoms with Crippen LogP contribution in [-0.4, -0.2) is 58.2 Å². The first kappa shape index (κ1) is 20.7. The summed E-state index contributed by atoms with van der Waals surface area (Å²) >= 11 is 0. The molecule has 1 N–H and O–H groups in total. The van der Waals surface area contributed by atoms with Crippen LogP contribution in [0.2, 0.25) is 0 Å². The van der Waals surface area contributed by atoms with Gasteiger partial charge in [0, 0.05) is 31.7 Å². The van der Waals surface area contributed by atoms with Gasteiger partial charge in [0.2, 0.25) is 18.0 Å². The molecule has 1 fully saturated rings. The Morgan fingerprint density at radius 3 is 2.72 bits per heavy atom. The molecule has 3 aromatic rings. The van der Waals surface area contributed by atoms with Crippen molar-refractivity contribution >= 4 is 16.7 Å². The first-order valence-electron chi connectivity index (χ1n) is 10.7. The van der Waals surface area contributed by atoms with Gasteiger partial charge in [-0.15, -0.1) is 0 Å². The highest BCUT2D eigenvalue weighted by Crippen LogP contribution is 2.39. The SMILES string of the molecule is COc1c(-c2ccc3c(c2)OCO3)oc2c(NCCN3CCOCC3)cc(C)cc2c1=O. The van der Waals surface area contributed by atoms with Crippen molar-refractivity contribution in [1.29, 1.82) is 0 Å². The molecular formula is C24H26N2O6. The van der Waals surface area contributed by atoms with Crippen LogP contribution in [0.15, 0.2) is 39.5 Å². The van der Waals surface area contributed by atoms with E-state index in [1.807, 2.05) is 25.1 Å². The van der Waals surface area contributed by atoms with Gasteiger partial charge < -0.3 is 28.7 Å². The van der Waals surface area contributed by atoms with E-state index in [1.54, 1.807) is 12.1 Å². The summed E-state index contributed by atoms with van der Waals surface area (Å²) in [5.74, 6) is 1.81. The lowest BCUT2D eigenvalue weighted by molar-refractivity contribution is 0.0398. The molecule has 2 aliphatic heterocycles. The molecule has 0 atom stereocenters. The molecule has 0 spiro atoms. The van der Waals surface area contributed by atoms with E-state index >= 15 is 0 Å².